The zero-order valence-corrected chi connectivity index (χ0v) is 10.3. The van der Waals surface area contributed by atoms with E-state index in [1.165, 1.54) is 0 Å². The van der Waals surface area contributed by atoms with E-state index in [2.05, 4.69) is 15.1 Å². The largest absolute Gasteiger partial charge is 0.461 e. The lowest BCUT2D eigenvalue weighted by atomic mass is 10.2. The molecule has 0 saturated heterocycles. The molecule has 3 aromatic rings. The number of nitrogens with two attached hydrogens (primary N) is 1. The Labute approximate surface area is 109 Å². The van der Waals surface area contributed by atoms with Crippen LogP contribution in [0.2, 0.25) is 0 Å². The first kappa shape index (κ1) is 11.6. The number of pyridine rings is 1. The Hall–Kier alpha value is -2.47. The summed E-state index contributed by atoms with van der Waals surface area (Å²) in [7, 11) is 0. The highest BCUT2D eigenvalue weighted by atomic mass is 16.5. The van der Waals surface area contributed by atoms with Gasteiger partial charge in [0.25, 0.3) is 5.89 Å². The summed E-state index contributed by atoms with van der Waals surface area (Å²) in [6, 6.07) is 5.53. The topological polar surface area (TPSA) is 91.0 Å². The third-order valence-corrected chi connectivity index (χ3v) is 2.77. The van der Waals surface area contributed by atoms with Gasteiger partial charge in [0.15, 0.2) is 5.76 Å². The maximum Gasteiger partial charge on any atom is 0.276 e. The molecule has 0 aliphatic heterocycles. The molecule has 0 aliphatic rings. The predicted octanol–water partition coefficient (Wildman–Crippen LogP) is 2.16. The van der Waals surface area contributed by atoms with Crippen LogP contribution in [0.15, 0.2) is 39.6 Å². The van der Waals surface area contributed by atoms with Gasteiger partial charge >= 0.3 is 0 Å². The predicted molar refractivity (Wildman–Crippen MR) is 67.9 cm³/mol. The SMILES string of the molecule is Cc1ccoc1-c1noc(-c2ccc(CN)cn2)n1. The van der Waals surface area contributed by atoms with Gasteiger partial charge in [0.2, 0.25) is 5.82 Å². The van der Waals surface area contributed by atoms with Crippen LogP contribution in [-0.4, -0.2) is 15.1 Å². The molecular formula is C13H12N4O2. The van der Waals surface area contributed by atoms with Gasteiger partial charge < -0.3 is 14.7 Å². The number of rotatable bonds is 3. The van der Waals surface area contributed by atoms with Crippen LogP contribution < -0.4 is 5.73 Å². The van der Waals surface area contributed by atoms with Crippen LogP contribution in [-0.2, 0) is 6.54 Å². The van der Waals surface area contributed by atoms with E-state index in [0.717, 1.165) is 11.1 Å². The fourth-order valence-electron chi connectivity index (χ4n) is 1.69. The summed E-state index contributed by atoms with van der Waals surface area (Å²) in [6.07, 6.45) is 3.28. The monoisotopic (exact) mass is 256 g/mol. The lowest BCUT2D eigenvalue weighted by molar-refractivity contribution is 0.428. The number of aromatic nitrogens is 3. The molecule has 3 heterocycles. The van der Waals surface area contributed by atoms with Crippen molar-refractivity contribution in [1.82, 2.24) is 15.1 Å². The fourth-order valence-corrected chi connectivity index (χ4v) is 1.69. The summed E-state index contributed by atoms with van der Waals surface area (Å²) >= 11 is 0. The van der Waals surface area contributed by atoms with E-state index >= 15 is 0 Å². The second-order valence-corrected chi connectivity index (χ2v) is 4.11. The molecule has 2 N–H and O–H groups in total. The molecule has 0 aromatic carbocycles. The lowest BCUT2D eigenvalue weighted by Gasteiger charge is -1.96. The number of nitrogens with zero attached hydrogens (tertiary/aromatic N) is 3. The van der Waals surface area contributed by atoms with Gasteiger partial charge in [0.05, 0.1) is 6.26 Å². The molecule has 0 radical (unpaired) electrons. The van der Waals surface area contributed by atoms with Crippen LogP contribution in [0.5, 0.6) is 0 Å². The van der Waals surface area contributed by atoms with Gasteiger partial charge in [0, 0.05) is 12.7 Å². The minimum atomic E-state index is 0.356. The van der Waals surface area contributed by atoms with E-state index in [1.54, 1.807) is 18.5 Å². The third kappa shape index (κ3) is 2.13. The molecule has 0 amide bonds. The molecule has 6 heteroatoms. The maximum absolute atomic E-state index is 5.52. The molecule has 0 saturated carbocycles. The number of hydrogen-bond donors (Lipinski definition) is 1. The summed E-state index contributed by atoms with van der Waals surface area (Å²) in [5.41, 5.74) is 8.04. The first-order valence-corrected chi connectivity index (χ1v) is 5.81. The molecule has 96 valence electrons. The highest BCUT2D eigenvalue weighted by Gasteiger charge is 2.15. The molecule has 0 unspecified atom stereocenters. The molecule has 0 atom stereocenters. The van der Waals surface area contributed by atoms with Crippen LogP contribution >= 0.6 is 0 Å². The van der Waals surface area contributed by atoms with E-state index in [-0.39, 0.29) is 0 Å². The van der Waals surface area contributed by atoms with Crippen molar-refractivity contribution in [2.75, 3.05) is 0 Å². The fraction of sp³-hybridized carbons (Fsp3) is 0.154. The Morgan fingerprint density at radius 1 is 1.26 bits per heavy atom. The van der Waals surface area contributed by atoms with Crippen LogP contribution in [0.3, 0.4) is 0 Å². The van der Waals surface area contributed by atoms with Gasteiger partial charge in [-0.05, 0) is 30.2 Å². The van der Waals surface area contributed by atoms with Crippen molar-refractivity contribution < 1.29 is 8.94 Å². The summed E-state index contributed by atoms with van der Waals surface area (Å²) in [5, 5.41) is 3.89. The lowest BCUT2D eigenvalue weighted by Crippen LogP contribution is -1.96. The van der Waals surface area contributed by atoms with Gasteiger partial charge in [-0.15, -0.1) is 0 Å². The van der Waals surface area contributed by atoms with Crippen molar-refractivity contribution in [3.05, 3.63) is 41.8 Å². The molecule has 3 aromatic heterocycles. The minimum Gasteiger partial charge on any atom is -0.461 e. The number of hydrogen-bond acceptors (Lipinski definition) is 6. The molecule has 6 nitrogen and oxygen atoms in total. The average molecular weight is 256 g/mol. The van der Waals surface area contributed by atoms with Crippen LogP contribution in [0, 0.1) is 6.92 Å². The van der Waals surface area contributed by atoms with E-state index in [0.29, 0.717) is 29.7 Å². The quantitative estimate of drug-likeness (QED) is 0.772. The average Bonchev–Trinajstić information content (AvgIpc) is 3.07. The molecule has 0 aliphatic carbocycles. The minimum absolute atomic E-state index is 0.356. The number of furan rings is 1. The normalized spacial score (nSPS) is 10.8. The van der Waals surface area contributed by atoms with E-state index in [1.807, 2.05) is 19.1 Å². The van der Waals surface area contributed by atoms with Crippen molar-refractivity contribution >= 4 is 0 Å². The van der Waals surface area contributed by atoms with Gasteiger partial charge in [-0.25, -0.2) is 0 Å². The van der Waals surface area contributed by atoms with Gasteiger partial charge in [0.1, 0.15) is 5.69 Å². The van der Waals surface area contributed by atoms with Crippen LogP contribution in [0.25, 0.3) is 23.2 Å². The second kappa shape index (κ2) is 4.66. The Kier molecular flexibility index (Phi) is 2.85. The smallest absolute Gasteiger partial charge is 0.276 e. The van der Waals surface area contributed by atoms with Crippen molar-refractivity contribution in [3.63, 3.8) is 0 Å². The van der Waals surface area contributed by atoms with E-state index < -0.39 is 0 Å². The first-order chi connectivity index (χ1) is 9.28. The Balaban J connectivity index is 1.94. The molecule has 0 fully saturated rings. The van der Waals surface area contributed by atoms with Crippen molar-refractivity contribution in [2.24, 2.45) is 5.73 Å². The maximum atomic E-state index is 5.52. The third-order valence-electron chi connectivity index (χ3n) is 2.77. The zero-order chi connectivity index (χ0) is 13.2. The molecule has 0 bridgehead atoms. The zero-order valence-electron chi connectivity index (χ0n) is 10.3. The van der Waals surface area contributed by atoms with Gasteiger partial charge in [-0.3, -0.25) is 4.98 Å². The van der Waals surface area contributed by atoms with Crippen molar-refractivity contribution in [2.45, 2.75) is 13.5 Å². The van der Waals surface area contributed by atoms with Gasteiger partial charge in [-0.2, -0.15) is 4.98 Å². The highest BCUT2D eigenvalue weighted by molar-refractivity contribution is 5.55. The van der Waals surface area contributed by atoms with Crippen LogP contribution in [0.4, 0.5) is 0 Å². The summed E-state index contributed by atoms with van der Waals surface area (Å²) < 4.78 is 10.5. The van der Waals surface area contributed by atoms with Crippen molar-refractivity contribution in [1.29, 1.82) is 0 Å². The highest BCUT2D eigenvalue weighted by Crippen LogP contribution is 2.24. The first-order valence-electron chi connectivity index (χ1n) is 5.81. The van der Waals surface area contributed by atoms with Crippen LogP contribution in [0.1, 0.15) is 11.1 Å². The molecule has 19 heavy (non-hydrogen) atoms. The Morgan fingerprint density at radius 3 is 2.79 bits per heavy atom. The summed E-state index contributed by atoms with van der Waals surface area (Å²) in [5.74, 6) is 1.38. The second-order valence-electron chi connectivity index (χ2n) is 4.11. The standard InChI is InChI=1S/C13H12N4O2/c1-8-4-5-18-11(8)12-16-13(19-17-12)10-3-2-9(6-14)7-15-10/h2-5,7H,6,14H2,1H3. The van der Waals surface area contributed by atoms with Gasteiger partial charge in [-0.1, -0.05) is 11.2 Å². The molecule has 3 rings (SSSR count). The molecule has 0 spiro atoms. The van der Waals surface area contributed by atoms with E-state index in [9.17, 15) is 0 Å². The van der Waals surface area contributed by atoms with E-state index in [4.69, 9.17) is 14.7 Å². The Bertz CT molecular complexity index is 685. The Morgan fingerprint density at radius 2 is 2.16 bits per heavy atom. The summed E-state index contributed by atoms with van der Waals surface area (Å²) in [6.45, 7) is 2.37. The number of aryl methyl sites for hydroxylation is 1. The summed E-state index contributed by atoms with van der Waals surface area (Å²) in [4.78, 5) is 8.50. The molecular weight excluding hydrogens is 244 g/mol. The van der Waals surface area contributed by atoms with Crippen molar-refractivity contribution in [3.8, 4) is 23.2 Å².